The molecule has 3 atom stereocenters. The summed E-state index contributed by atoms with van der Waals surface area (Å²) >= 11 is 0. The number of nitrogens with zero attached hydrogens (tertiary/aromatic N) is 1. The number of likely N-dealkylation sites (tertiary alicyclic amines) is 1. The van der Waals surface area contributed by atoms with E-state index < -0.39 is 5.97 Å². The minimum Gasteiger partial charge on any atom is -0.480 e. The molecule has 3 fully saturated rings. The summed E-state index contributed by atoms with van der Waals surface area (Å²) in [6.45, 7) is 2.60. The zero-order chi connectivity index (χ0) is 16.6. The molecule has 5 heteroatoms. The standard InChI is InChI=1S/C19H26N2O3/c22-18(23)12-21-8-6-19(7-9-21)11-15(13-24-19)20-17-10-16(17)14-4-2-1-3-5-14/h1-5,15-17,20H,6-13H2,(H,22,23). The van der Waals surface area contributed by atoms with Gasteiger partial charge in [0.15, 0.2) is 0 Å². The Bertz CT molecular complexity index is 584. The van der Waals surface area contributed by atoms with Crippen LogP contribution in [0, 0.1) is 0 Å². The van der Waals surface area contributed by atoms with Crippen molar-refractivity contribution in [2.24, 2.45) is 0 Å². The van der Waals surface area contributed by atoms with Gasteiger partial charge < -0.3 is 15.2 Å². The molecule has 3 aliphatic rings. The zero-order valence-electron chi connectivity index (χ0n) is 14.0. The fourth-order valence-corrected chi connectivity index (χ4v) is 4.36. The van der Waals surface area contributed by atoms with E-state index >= 15 is 0 Å². The molecule has 5 nitrogen and oxygen atoms in total. The Morgan fingerprint density at radius 1 is 1.29 bits per heavy atom. The van der Waals surface area contributed by atoms with Crippen LogP contribution < -0.4 is 5.32 Å². The summed E-state index contributed by atoms with van der Waals surface area (Å²) in [4.78, 5) is 12.8. The Balaban J connectivity index is 1.25. The number of rotatable bonds is 5. The van der Waals surface area contributed by atoms with Gasteiger partial charge in [0, 0.05) is 31.1 Å². The van der Waals surface area contributed by atoms with E-state index in [1.54, 1.807) is 0 Å². The van der Waals surface area contributed by atoms with Gasteiger partial charge >= 0.3 is 5.97 Å². The van der Waals surface area contributed by atoms with Gasteiger partial charge in [0.25, 0.3) is 0 Å². The van der Waals surface area contributed by atoms with Crippen LogP contribution in [-0.4, -0.2) is 59.9 Å². The van der Waals surface area contributed by atoms with Crippen molar-refractivity contribution in [1.29, 1.82) is 0 Å². The van der Waals surface area contributed by atoms with Crippen LogP contribution in [0.4, 0.5) is 0 Å². The first kappa shape index (κ1) is 16.1. The number of hydrogen-bond acceptors (Lipinski definition) is 4. The summed E-state index contributed by atoms with van der Waals surface area (Å²) in [7, 11) is 0. The highest BCUT2D eigenvalue weighted by molar-refractivity contribution is 5.69. The minimum atomic E-state index is -0.737. The number of carboxylic acids is 1. The zero-order valence-corrected chi connectivity index (χ0v) is 14.0. The van der Waals surface area contributed by atoms with Crippen LogP contribution in [0.5, 0.6) is 0 Å². The lowest BCUT2D eigenvalue weighted by Crippen LogP contribution is -2.46. The summed E-state index contributed by atoms with van der Waals surface area (Å²) in [5.74, 6) is -0.0846. The monoisotopic (exact) mass is 330 g/mol. The maximum atomic E-state index is 10.8. The van der Waals surface area contributed by atoms with E-state index in [0.717, 1.165) is 39.0 Å². The third-order valence-electron chi connectivity index (χ3n) is 5.80. The normalized spacial score (nSPS) is 32.1. The number of aliphatic carboxylic acids is 1. The lowest BCUT2D eigenvalue weighted by Gasteiger charge is -2.38. The minimum absolute atomic E-state index is 0.0240. The quantitative estimate of drug-likeness (QED) is 0.863. The first-order valence-electron chi connectivity index (χ1n) is 9.03. The second kappa shape index (κ2) is 6.47. The number of nitrogens with one attached hydrogen (secondary N) is 1. The average molecular weight is 330 g/mol. The second-order valence-corrected chi connectivity index (χ2v) is 7.59. The molecule has 24 heavy (non-hydrogen) atoms. The second-order valence-electron chi connectivity index (χ2n) is 7.59. The highest BCUT2D eigenvalue weighted by Crippen LogP contribution is 2.43. The number of piperidine rings is 1. The Morgan fingerprint density at radius 2 is 2.04 bits per heavy atom. The Hall–Kier alpha value is -1.43. The molecule has 1 aliphatic carbocycles. The lowest BCUT2D eigenvalue weighted by molar-refractivity contribution is -0.139. The van der Waals surface area contributed by atoms with Gasteiger partial charge in [-0.1, -0.05) is 30.3 Å². The lowest BCUT2D eigenvalue weighted by atomic mass is 9.87. The van der Waals surface area contributed by atoms with Crippen molar-refractivity contribution in [3.8, 4) is 0 Å². The van der Waals surface area contributed by atoms with Gasteiger partial charge in [-0.05, 0) is 31.2 Å². The highest BCUT2D eigenvalue weighted by atomic mass is 16.5. The van der Waals surface area contributed by atoms with E-state index in [1.807, 2.05) is 4.90 Å². The van der Waals surface area contributed by atoms with Crippen molar-refractivity contribution < 1.29 is 14.6 Å². The molecule has 2 saturated heterocycles. The van der Waals surface area contributed by atoms with Crippen molar-refractivity contribution >= 4 is 5.97 Å². The summed E-state index contributed by atoms with van der Waals surface area (Å²) in [5, 5.41) is 12.7. The molecule has 2 N–H and O–H groups in total. The number of carbonyl (C=O) groups is 1. The fraction of sp³-hybridized carbons (Fsp3) is 0.632. The fourth-order valence-electron chi connectivity index (χ4n) is 4.36. The topological polar surface area (TPSA) is 61.8 Å². The molecule has 1 saturated carbocycles. The van der Waals surface area contributed by atoms with Gasteiger partial charge in [-0.2, -0.15) is 0 Å². The van der Waals surface area contributed by atoms with E-state index in [1.165, 1.54) is 12.0 Å². The maximum Gasteiger partial charge on any atom is 0.317 e. The van der Waals surface area contributed by atoms with Crippen molar-refractivity contribution in [2.45, 2.75) is 49.3 Å². The predicted octanol–water partition coefficient (Wildman–Crippen LogP) is 1.84. The van der Waals surface area contributed by atoms with Gasteiger partial charge in [-0.25, -0.2) is 0 Å². The van der Waals surface area contributed by atoms with Crippen LogP contribution in [-0.2, 0) is 9.53 Å². The largest absolute Gasteiger partial charge is 0.480 e. The number of hydrogen-bond donors (Lipinski definition) is 2. The van der Waals surface area contributed by atoms with Gasteiger partial charge in [0.2, 0.25) is 0 Å². The van der Waals surface area contributed by atoms with E-state index in [4.69, 9.17) is 9.84 Å². The third kappa shape index (κ3) is 3.48. The van der Waals surface area contributed by atoms with Crippen molar-refractivity contribution in [2.75, 3.05) is 26.2 Å². The molecule has 1 spiro atoms. The summed E-state index contributed by atoms with van der Waals surface area (Å²) in [6.07, 6.45) is 4.18. The Labute approximate surface area is 143 Å². The van der Waals surface area contributed by atoms with Crippen LogP contribution in [0.2, 0.25) is 0 Å². The van der Waals surface area contributed by atoms with E-state index in [0.29, 0.717) is 18.0 Å². The molecule has 2 aliphatic heterocycles. The number of carboxylic acid groups (broad SMARTS) is 1. The molecule has 0 bridgehead atoms. The van der Waals surface area contributed by atoms with Crippen molar-refractivity contribution in [3.63, 3.8) is 0 Å². The molecule has 130 valence electrons. The van der Waals surface area contributed by atoms with Crippen LogP contribution in [0.15, 0.2) is 30.3 Å². The molecule has 0 radical (unpaired) electrons. The first-order valence-corrected chi connectivity index (χ1v) is 9.03. The van der Waals surface area contributed by atoms with Gasteiger partial charge in [-0.3, -0.25) is 9.69 Å². The van der Waals surface area contributed by atoms with Crippen molar-refractivity contribution in [3.05, 3.63) is 35.9 Å². The number of benzene rings is 1. The smallest absolute Gasteiger partial charge is 0.317 e. The first-order chi connectivity index (χ1) is 11.6. The average Bonchev–Trinajstić information content (AvgIpc) is 3.24. The van der Waals surface area contributed by atoms with E-state index in [2.05, 4.69) is 35.6 Å². The van der Waals surface area contributed by atoms with Gasteiger partial charge in [0.1, 0.15) is 0 Å². The number of ether oxygens (including phenoxy) is 1. The van der Waals surface area contributed by atoms with E-state index in [-0.39, 0.29) is 12.1 Å². The molecule has 0 aromatic heterocycles. The summed E-state index contributed by atoms with van der Waals surface area (Å²) < 4.78 is 6.18. The van der Waals surface area contributed by atoms with Gasteiger partial charge in [0.05, 0.1) is 18.8 Å². The maximum absolute atomic E-state index is 10.8. The predicted molar refractivity (Wildman–Crippen MR) is 91.1 cm³/mol. The molecule has 1 aromatic rings. The molecule has 1 aromatic carbocycles. The summed E-state index contributed by atoms with van der Waals surface area (Å²) in [6, 6.07) is 11.8. The van der Waals surface area contributed by atoms with Gasteiger partial charge in [-0.15, -0.1) is 0 Å². The van der Waals surface area contributed by atoms with Crippen LogP contribution in [0.1, 0.15) is 37.2 Å². The van der Waals surface area contributed by atoms with Crippen molar-refractivity contribution in [1.82, 2.24) is 10.2 Å². The highest BCUT2D eigenvalue weighted by Gasteiger charge is 2.46. The summed E-state index contributed by atoms with van der Waals surface area (Å²) in [5.41, 5.74) is 1.41. The van der Waals surface area contributed by atoms with Crippen LogP contribution in [0.3, 0.4) is 0 Å². The molecule has 0 amide bonds. The molecule has 3 unspecified atom stereocenters. The van der Waals surface area contributed by atoms with E-state index in [9.17, 15) is 4.79 Å². The SMILES string of the molecule is O=C(O)CN1CCC2(CC1)CC(NC1CC1c1ccccc1)CO2. The molecular weight excluding hydrogens is 304 g/mol. The molecule has 2 heterocycles. The molecule has 4 rings (SSSR count). The Kier molecular flexibility index (Phi) is 4.33. The third-order valence-corrected chi connectivity index (χ3v) is 5.80. The van der Waals surface area contributed by atoms with Crippen LogP contribution >= 0.6 is 0 Å². The molecular formula is C19H26N2O3. The Morgan fingerprint density at radius 3 is 2.75 bits per heavy atom. The van der Waals surface area contributed by atoms with Crippen LogP contribution in [0.25, 0.3) is 0 Å².